The Kier molecular flexibility index (Phi) is 5.83. The Morgan fingerprint density at radius 3 is 2.68 bits per heavy atom. The van der Waals surface area contributed by atoms with Crippen LogP contribution in [0.1, 0.15) is 23.2 Å². The lowest BCUT2D eigenvalue weighted by atomic mass is 10.1. The van der Waals surface area contributed by atoms with E-state index in [1.54, 1.807) is 0 Å². The zero-order valence-electron chi connectivity index (χ0n) is 13.4. The highest BCUT2D eigenvalue weighted by Gasteiger charge is 2.13. The number of carbonyl (C=O) groups is 3. The Labute approximate surface area is 142 Å². The maximum Gasteiger partial charge on any atom is 0.325 e. The molecule has 0 saturated carbocycles. The van der Waals surface area contributed by atoms with Gasteiger partial charge in [-0.15, -0.1) is 0 Å². The van der Waals surface area contributed by atoms with Crippen LogP contribution in [-0.2, 0) is 16.1 Å². The number of halogens is 1. The summed E-state index contributed by atoms with van der Waals surface area (Å²) in [6.45, 7) is -0.322. The molecule has 1 amide bonds. The van der Waals surface area contributed by atoms with Crippen LogP contribution in [0.3, 0.4) is 0 Å². The van der Waals surface area contributed by atoms with E-state index in [0.29, 0.717) is 0 Å². The van der Waals surface area contributed by atoms with Crippen molar-refractivity contribution in [1.82, 2.24) is 9.78 Å². The Morgan fingerprint density at radius 2 is 2.04 bits per heavy atom. The lowest BCUT2D eigenvalue weighted by Gasteiger charge is -2.05. The first kappa shape index (κ1) is 18.1. The van der Waals surface area contributed by atoms with Crippen LogP contribution in [-0.4, -0.2) is 39.7 Å². The fraction of sp³-hybridized carbons (Fsp3) is 0.250. The van der Waals surface area contributed by atoms with E-state index in [1.165, 1.54) is 31.5 Å². The summed E-state index contributed by atoms with van der Waals surface area (Å²) in [5.74, 6) is -2.32. The molecule has 2 N–H and O–H groups in total. The highest BCUT2D eigenvalue weighted by atomic mass is 19.1. The first-order valence-electron chi connectivity index (χ1n) is 7.31. The fourth-order valence-corrected chi connectivity index (χ4v) is 2.07. The predicted molar refractivity (Wildman–Crippen MR) is 85.0 cm³/mol. The van der Waals surface area contributed by atoms with Crippen LogP contribution in [0.5, 0.6) is 5.75 Å². The second-order valence-electron chi connectivity index (χ2n) is 5.11. The van der Waals surface area contributed by atoms with Gasteiger partial charge in [0.25, 0.3) is 0 Å². The number of carbonyl (C=O) groups excluding carboxylic acids is 2. The van der Waals surface area contributed by atoms with Gasteiger partial charge < -0.3 is 15.2 Å². The van der Waals surface area contributed by atoms with Gasteiger partial charge in [-0.25, -0.2) is 4.39 Å². The second-order valence-corrected chi connectivity index (χ2v) is 5.11. The summed E-state index contributed by atoms with van der Waals surface area (Å²) < 4.78 is 19.5. The molecule has 1 aromatic heterocycles. The van der Waals surface area contributed by atoms with Gasteiger partial charge >= 0.3 is 5.97 Å². The first-order valence-corrected chi connectivity index (χ1v) is 7.31. The van der Waals surface area contributed by atoms with E-state index in [-0.39, 0.29) is 42.3 Å². The molecule has 0 aliphatic carbocycles. The number of amides is 1. The molecule has 9 heteroatoms. The van der Waals surface area contributed by atoms with Crippen molar-refractivity contribution < 1.29 is 28.6 Å². The predicted octanol–water partition coefficient (Wildman–Crippen LogP) is 1.72. The molecule has 1 aromatic carbocycles. The van der Waals surface area contributed by atoms with Crippen LogP contribution >= 0.6 is 0 Å². The van der Waals surface area contributed by atoms with Crippen molar-refractivity contribution >= 4 is 23.5 Å². The van der Waals surface area contributed by atoms with Crippen molar-refractivity contribution in [2.24, 2.45) is 0 Å². The third kappa shape index (κ3) is 5.13. The third-order valence-corrected chi connectivity index (χ3v) is 3.26. The average Bonchev–Trinajstić information content (AvgIpc) is 2.98. The Balaban J connectivity index is 1.87. The van der Waals surface area contributed by atoms with Crippen LogP contribution in [0.15, 0.2) is 30.5 Å². The number of methoxy groups -OCH3 is 1. The molecule has 0 spiro atoms. The Hall–Kier alpha value is -3.23. The van der Waals surface area contributed by atoms with Crippen molar-refractivity contribution in [2.75, 3.05) is 12.4 Å². The molecule has 2 aromatic rings. The zero-order valence-corrected chi connectivity index (χ0v) is 13.4. The molecule has 0 aliphatic rings. The molecule has 0 aliphatic heterocycles. The number of aromatic nitrogens is 2. The van der Waals surface area contributed by atoms with Gasteiger partial charge in [0, 0.05) is 30.7 Å². The Bertz CT molecular complexity index is 803. The molecule has 0 atom stereocenters. The molecule has 0 fully saturated rings. The lowest BCUT2D eigenvalue weighted by Crippen LogP contribution is -2.15. The van der Waals surface area contributed by atoms with Crippen molar-refractivity contribution in [3.63, 3.8) is 0 Å². The van der Waals surface area contributed by atoms with Gasteiger partial charge in [0.15, 0.2) is 23.2 Å². The highest BCUT2D eigenvalue weighted by Crippen LogP contribution is 2.19. The largest absolute Gasteiger partial charge is 0.494 e. The van der Waals surface area contributed by atoms with Gasteiger partial charge in [0.1, 0.15) is 6.54 Å². The summed E-state index contributed by atoms with van der Waals surface area (Å²) in [6.07, 6.45) is 1.20. The molecule has 132 valence electrons. The van der Waals surface area contributed by atoms with E-state index in [0.717, 1.165) is 10.7 Å². The van der Waals surface area contributed by atoms with Gasteiger partial charge in [-0.2, -0.15) is 5.10 Å². The van der Waals surface area contributed by atoms with Gasteiger partial charge in [0.05, 0.1) is 7.11 Å². The maximum atomic E-state index is 13.6. The van der Waals surface area contributed by atoms with Crippen LogP contribution in [0.4, 0.5) is 10.2 Å². The molecule has 0 radical (unpaired) electrons. The summed E-state index contributed by atoms with van der Waals surface area (Å²) in [5.41, 5.74) is 0.150. The number of Topliss-reactive ketones (excluding diaryl/α,β-unsaturated/α-hetero) is 1. The van der Waals surface area contributed by atoms with Crippen molar-refractivity contribution in [1.29, 1.82) is 0 Å². The van der Waals surface area contributed by atoms with E-state index in [2.05, 4.69) is 10.4 Å². The zero-order chi connectivity index (χ0) is 18.4. The number of aliphatic carboxylic acids is 1. The van der Waals surface area contributed by atoms with Crippen LogP contribution in [0.25, 0.3) is 0 Å². The van der Waals surface area contributed by atoms with Gasteiger partial charge in [-0.05, 0) is 18.2 Å². The lowest BCUT2D eigenvalue weighted by molar-refractivity contribution is -0.137. The molecule has 8 nitrogen and oxygen atoms in total. The van der Waals surface area contributed by atoms with Crippen molar-refractivity contribution in [3.8, 4) is 5.75 Å². The minimum atomic E-state index is -1.06. The topological polar surface area (TPSA) is 111 Å². The van der Waals surface area contributed by atoms with Crippen molar-refractivity contribution in [3.05, 3.63) is 41.8 Å². The molecular formula is C16H16FN3O5. The van der Waals surface area contributed by atoms with E-state index in [9.17, 15) is 18.8 Å². The number of nitrogens with zero attached hydrogens (tertiary/aromatic N) is 2. The summed E-state index contributed by atoms with van der Waals surface area (Å²) in [7, 11) is 1.32. The SMILES string of the molecule is COc1ccc(C(=O)CCC(=O)Nc2ccn(CC(=O)O)n2)cc1F. The number of anilines is 1. The van der Waals surface area contributed by atoms with Crippen LogP contribution in [0.2, 0.25) is 0 Å². The summed E-state index contributed by atoms with van der Waals surface area (Å²) in [4.78, 5) is 34.4. The van der Waals surface area contributed by atoms with E-state index in [4.69, 9.17) is 9.84 Å². The minimum Gasteiger partial charge on any atom is -0.494 e. The second kappa shape index (κ2) is 8.04. The fourth-order valence-electron chi connectivity index (χ4n) is 2.07. The third-order valence-electron chi connectivity index (χ3n) is 3.26. The number of hydrogen-bond donors (Lipinski definition) is 2. The summed E-state index contributed by atoms with van der Waals surface area (Å²) >= 11 is 0. The number of ether oxygens (including phenoxy) is 1. The van der Waals surface area contributed by atoms with E-state index < -0.39 is 17.7 Å². The Morgan fingerprint density at radius 1 is 1.28 bits per heavy atom. The van der Waals surface area contributed by atoms with Gasteiger partial charge in [-0.3, -0.25) is 19.1 Å². The molecule has 0 bridgehead atoms. The molecule has 0 unspecified atom stereocenters. The minimum absolute atomic E-state index is 0.0336. The number of ketones is 1. The van der Waals surface area contributed by atoms with Gasteiger partial charge in [-0.1, -0.05) is 0 Å². The first-order chi connectivity index (χ1) is 11.9. The van der Waals surface area contributed by atoms with E-state index >= 15 is 0 Å². The highest BCUT2D eigenvalue weighted by molar-refractivity contribution is 5.99. The molecule has 1 heterocycles. The van der Waals surface area contributed by atoms with Crippen LogP contribution < -0.4 is 10.1 Å². The maximum absolute atomic E-state index is 13.6. The summed E-state index contributed by atoms with van der Waals surface area (Å²) in [5, 5.41) is 15.0. The number of benzene rings is 1. The number of carboxylic acids is 1. The molecular weight excluding hydrogens is 333 g/mol. The number of nitrogens with one attached hydrogen (secondary N) is 1. The standard InChI is InChI=1S/C16H16FN3O5/c1-25-13-4-2-10(8-11(13)17)12(21)3-5-15(22)18-14-6-7-20(19-14)9-16(23)24/h2,4,6-8H,3,5,9H2,1H3,(H,23,24)(H,18,19,22). The number of rotatable bonds is 8. The van der Waals surface area contributed by atoms with Crippen LogP contribution in [0, 0.1) is 5.82 Å². The summed E-state index contributed by atoms with van der Waals surface area (Å²) in [6, 6.07) is 5.28. The smallest absolute Gasteiger partial charge is 0.325 e. The average molecular weight is 349 g/mol. The number of hydrogen-bond acceptors (Lipinski definition) is 5. The monoisotopic (exact) mass is 349 g/mol. The molecule has 2 rings (SSSR count). The molecule has 25 heavy (non-hydrogen) atoms. The molecule has 0 saturated heterocycles. The van der Waals surface area contributed by atoms with E-state index in [1.807, 2.05) is 0 Å². The quantitative estimate of drug-likeness (QED) is 0.702. The number of carboxylic acid groups (broad SMARTS) is 1. The van der Waals surface area contributed by atoms with Crippen molar-refractivity contribution in [2.45, 2.75) is 19.4 Å². The van der Waals surface area contributed by atoms with Gasteiger partial charge in [0.2, 0.25) is 5.91 Å². The normalized spacial score (nSPS) is 10.3.